The van der Waals surface area contributed by atoms with Gasteiger partial charge in [0.2, 0.25) is 5.91 Å². The minimum atomic E-state index is -0.653. The molecule has 2 aliphatic rings. The molecule has 1 unspecified atom stereocenters. The van der Waals surface area contributed by atoms with E-state index in [0.29, 0.717) is 18.5 Å². The fourth-order valence-electron chi connectivity index (χ4n) is 2.58. The van der Waals surface area contributed by atoms with Crippen LogP contribution in [0.15, 0.2) is 0 Å². The summed E-state index contributed by atoms with van der Waals surface area (Å²) in [5.41, 5.74) is 0. The summed E-state index contributed by atoms with van der Waals surface area (Å²) >= 11 is 0. The van der Waals surface area contributed by atoms with E-state index in [1.54, 1.807) is 0 Å². The number of hydrogen-bond acceptors (Lipinski definition) is 3. The van der Waals surface area contributed by atoms with E-state index in [1.807, 2.05) is 4.90 Å². The summed E-state index contributed by atoms with van der Waals surface area (Å²) < 4.78 is 11.3. The number of amides is 1. The van der Waals surface area contributed by atoms with Gasteiger partial charge in [-0.15, -0.1) is 0 Å². The third-order valence-electron chi connectivity index (χ3n) is 3.43. The Kier molecular flexibility index (Phi) is 3.64. The van der Waals surface area contributed by atoms with Crippen molar-refractivity contribution >= 4 is 16.7 Å². The normalized spacial score (nSPS) is 36.1. The molecule has 0 saturated carbocycles. The number of nitrogens with one attached hydrogen (secondary N) is 1. The highest BCUT2D eigenvalue weighted by Gasteiger charge is 2.38. The molecule has 2 fully saturated rings. The van der Waals surface area contributed by atoms with Crippen molar-refractivity contribution in [1.82, 2.24) is 10.2 Å². The molecular weight excluding hydrogens is 224 g/mol. The van der Waals surface area contributed by atoms with Crippen LogP contribution in [0.4, 0.5) is 0 Å². The van der Waals surface area contributed by atoms with Gasteiger partial charge in [0.05, 0.1) is 12.7 Å². The highest BCUT2D eigenvalue weighted by molar-refractivity contribution is 7.85. The zero-order valence-corrected chi connectivity index (χ0v) is 10.8. The molecule has 92 valence electrons. The van der Waals surface area contributed by atoms with Gasteiger partial charge < -0.3 is 4.90 Å². The lowest BCUT2D eigenvalue weighted by molar-refractivity contribution is -0.131. The third-order valence-corrected chi connectivity index (χ3v) is 4.81. The van der Waals surface area contributed by atoms with Gasteiger partial charge in [-0.25, -0.2) is 0 Å². The van der Waals surface area contributed by atoms with Gasteiger partial charge in [-0.05, 0) is 18.8 Å². The minimum absolute atomic E-state index is 0.170. The van der Waals surface area contributed by atoms with Crippen molar-refractivity contribution < 1.29 is 9.00 Å². The van der Waals surface area contributed by atoms with E-state index < -0.39 is 10.8 Å². The van der Waals surface area contributed by atoms with Crippen LogP contribution in [0.3, 0.4) is 0 Å². The van der Waals surface area contributed by atoms with Crippen molar-refractivity contribution in [2.45, 2.75) is 38.9 Å². The van der Waals surface area contributed by atoms with Crippen LogP contribution in [-0.4, -0.2) is 45.3 Å². The minimum Gasteiger partial charge on any atom is -0.323 e. The summed E-state index contributed by atoms with van der Waals surface area (Å²) in [6, 6.07) is 0.299. The van der Waals surface area contributed by atoms with Crippen LogP contribution in [0.2, 0.25) is 0 Å². The Labute approximate surface area is 99.2 Å². The van der Waals surface area contributed by atoms with Gasteiger partial charge in [-0.1, -0.05) is 13.8 Å². The van der Waals surface area contributed by atoms with Gasteiger partial charge >= 0.3 is 0 Å². The second kappa shape index (κ2) is 4.84. The monoisotopic (exact) mass is 244 g/mol. The van der Waals surface area contributed by atoms with Gasteiger partial charge in [0, 0.05) is 28.3 Å². The number of hydrogen-bond donors (Lipinski definition) is 1. The largest absolute Gasteiger partial charge is 0.323 e. The molecule has 4 nitrogen and oxygen atoms in total. The second-order valence-electron chi connectivity index (χ2n) is 4.95. The Bertz CT molecular complexity index is 296. The summed E-state index contributed by atoms with van der Waals surface area (Å²) in [6.07, 6.45) is 1.95. The summed E-state index contributed by atoms with van der Waals surface area (Å²) in [5.74, 6) is 2.13. The van der Waals surface area contributed by atoms with E-state index in [0.717, 1.165) is 24.3 Å². The first-order chi connectivity index (χ1) is 7.59. The molecule has 2 saturated heterocycles. The lowest BCUT2D eigenvalue weighted by atomic mass is 10.1. The Hall–Kier alpha value is -0.420. The smallest absolute Gasteiger partial charge is 0.238 e. The second-order valence-corrected chi connectivity index (χ2v) is 6.65. The first-order valence-corrected chi connectivity index (χ1v) is 7.48. The highest BCUT2D eigenvalue weighted by Crippen LogP contribution is 2.23. The van der Waals surface area contributed by atoms with Crippen LogP contribution in [0.1, 0.15) is 26.7 Å². The molecular formula is C11H20N2O2S. The van der Waals surface area contributed by atoms with Crippen LogP contribution in [0, 0.1) is 5.92 Å². The van der Waals surface area contributed by atoms with Crippen LogP contribution >= 0.6 is 0 Å². The van der Waals surface area contributed by atoms with Crippen molar-refractivity contribution in [3.05, 3.63) is 0 Å². The molecule has 1 N–H and O–H groups in total. The molecule has 0 spiro atoms. The Morgan fingerprint density at radius 2 is 2.00 bits per heavy atom. The molecule has 2 aliphatic heterocycles. The number of nitrogens with zero attached hydrogens (tertiary/aromatic N) is 1. The molecule has 0 aliphatic carbocycles. The molecule has 5 heteroatoms. The lowest BCUT2D eigenvalue weighted by Crippen LogP contribution is -2.49. The highest BCUT2D eigenvalue weighted by atomic mass is 32.2. The van der Waals surface area contributed by atoms with Crippen molar-refractivity contribution in [1.29, 1.82) is 0 Å². The number of carbonyl (C=O) groups is 1. The third kappa shape index (κ3) is 2.30. The zero-order chi connectivity index (χ0) is 11.7. The van der Waals surface area contributed by atoms with Crippen LogP contribution < -0.4 is 5.32 Å². The predicted molar refractivity (Wildman–Crippen MR) is 64.4 cm³/mol. The summed E-state index contributed by atoms with van der Waals surface area (Å²) in [6.45, 7) is 4.72. The molecule has 0 bridgehead atoms. The van der Waals surface area contributed by atoms with Gasteiger partial charge in [-0.2, -0.15) is 0 Å². The van der Waals surface area contributed by atoms with Crippen molar-refractivity contribution in [3.8, 4) is 0 Å². The van der Waals surface area contributed by atoms with Crippen LogP contribution in [0.5, 0.6) is 0 Å². The molecule has 2 rings (SSSR count). The van der Waals surface area contributed by atoms with Crippen molar-refractivity contribution in [2.24, 2.45) is 5.92 Å². The predicted octanol–water partition coefficient (Wildman–Crippen LogP) is 0.311. The maximum absolute atomic E-state index is 11.9. The molecule has 2 heterocycles. The Morgan fingerprint density at radius 1 is 1.38 bits per heavy atom. The SMILES string of the molecule is CC(C)C1NCC(=O)N1C1CCS(=O)CC1. The first-order valence-electron chi connectivity index (χ1n) is 5.99. The van der Waals surface area contributed by atoms with Crippen molar-refractivity contribution in [2.75, 3.05) is 18.1 Å². The molecule has 0 aromatic carbocycles. The fourth-order valence-corrected chi connectivity index (χ4v) is 3.86. The molecule has 1 atom stereocenters. The Morgan fingerprint density at radius 3 is 2.56 bits per heavy atom. The van der Waals surface area contributed by atoms with Gasteiger partial charge in [0.25, 0.3) is 0 Å². The average Bonchev–Trinajstić information content (AvgIpc) is 2.62. The first kappa shape index (κ1) is 12.0. The summed E-state index contributed by atoms with van der Waals surface area (Å²) in [4.78, 5) is 13.9. The van der Waals surface area contributed by atoms with E-state index in [1.165, 1.54) is 0 Å². The average molecular weight is 244 g/mol. The number of carbonyl (C=O) groups excluding carboxylic acids is 1. The van der Waals surface area contributed by atoms with Gasteiger partial charge in [-0.3, -0.25) is 14.3 Å². The van der Waals surface area contributed by atoms with Gasteiger partial charge in [0.1, 0.15) is 0 Å². The standard InChI is InChI=1S/C11H20N2O2S/c1-8(2)11-12-7-10(14)13(11)9-3-5-16(15)6-4-9/h8-9,11-12H,3-7H2,1-2H3. The van der Waals surface area contributed by atoms with Crippen LogP contribution in [-0.2, 0) is 15.6 Å². The Balaban J connectivity index is 2.05. The van der Waals surface area contributed by atoms with Gasteiger partial charge in [0.15, 0.2) is 0 Å². The zero-order valence-electron chi connectivity index (χ0n) is 9.94. The maximum Gasteiger partial charge on any atom is 0.238 e. The maximum atomic E-state index is 11.9. The fraction of sp³-hybridized carbons (Fsp3) is 0.909. The molecule has 16 heavy (non-hydrogen) atoms. The van der Waals surface area contributed by atoms with E-state index in [-0.39, 0.29) is 12.1 Å². The number of rotatable bonds is 2. The van der Waals surface area contributed by atoms with E-state index >= 15 is 0 Å². The lowest BCUT2D eigenvalue weighted by Gasteiger charge is -2.36. The van der Waals surface area contributed by atoms with Crippen molar-refractivity contribution in [3.63, 3.8) is 0 Å². The van der Waals surface area contributed by atoms with Crippen LogP contribution in [0.25, 0.3) is 0 Å². The van der Waals surface area contributed by atoms with E-state index in [9.17, 15) is 9.00 Å². The molecule has 0 aromatic heterocycles. The topological polar surface area (TPSA) is 49.4 Å². The molecule has 0 radical (unpaired) electrons. The summed E-state index contributed by atoms with van der Waals surface area (Å²) in [5, 5.41) is 3.26. The molecule has 0 aromatic rings. The quantitative estimate of drug-likeness (QED) is 0.760. The summed E-state index contributed by atoms with van der Waals surface area (Å²) in [7, 11) is -0.653. The van der Waals surface area contributed by atoms with E-state index in [2.05, 4.69) is 19.2 Å². The molecule has 1 amide bonds. The van der Waals surface area contributed by atoms with E-state index in [4.69, 9.17) is 0 Å².